The van der Waals surface area contributed by atoms with Gasteiger partial charge in [-0.3, -0.25) is 0 Å². The maximum absolute atomic E-state index is 4.54. The number of piperidine rings is 1. The van der Waals surface area contributed by atoms with E-state index in [0.717, 1.165) is 24.1 Å². The maximum atomic E-state index is 4.54. The van der Waals surface area contributed by atoms with Crippen molar-refractivity contribution in [3.63, 3.8) is 0 Å². The van der Waals surface area contributed by atoms with E-state index in [-0.39, 0.29) is 0 Å². The second-order valence-electron chi connectivity index (χ2n) is 5.88. The second-order valence-corrected chi connectivity index (χ2v) is 6.77. The van der Waals surface area contributed by atoms with Crippen molar-refractivity contribution in [2.24, 2.45) is 11.8 Å². The van der Waals surface area contributed by atoms with Crippen LogP contribution in [0.25, 0.3) is 0 Å². The van der Waals surface area contributed by atoms with Crippen molar-refractivity contribution in [2.45, 2.75) is 46.1 Å². The Morgan fingerprint density at radius 1 is 1.53 bits per heavy atom. The minimum Gasteiger partial charge on any atom is -0.316 e. The Balaban J connectivity index is 1.68. The normalized spacial score (nSPS) is 23.2. The molecule has 0 amide bonds. The molecule has 3 atom stereocenters. The van der Waals surface area contributed by atoms with E-state index in [1.165, 1.54) is 37.4 Å². The highest BCUT2D eigenvalue weighted by Gasteiger charge is 2.19. The Labute approximate surface area is 121 Å². The summed E-state index contributed by atoms with van der Waals surface area (Å²) in [5.41, 5.74) is 1.13. The third-order valence-corrected chi connectivity index (χ3v) is 5.34. The van der Waals surface area contributed by atoms with Gasteiger partial charge in [-0.1, -0.05) is 6.92 Å². The fourth-order valence-corrected chi connectivity index (χ4v) is 3.61. The molecule has 0 spiro atoms. The van der Waals surface area contributed by atoms with Gasteiger partial charge in [-0.25, -0.2) is 4.98 Å². The topological polar surface area (TPSA) is 37.0 Å². The number of nitrogens with one attached hydrogen (secondary N) is 2. The van der Waals surface area contributed by atoms with E-state index in [0.29, 0.717) is 6.04 Å². The van der Waals surface area contributed by atoms with Crippen LogP contribution in [0.2, 0.25) is 0 Å². The highest BCUT2D eigenvalue weighted by molar-refractivity contribution is 7.09. The second kappa shape index (κ2) is 7.36. The van der Waals surface area contributed by atoms with Crippen LogP contribution in [0.3, 0.4) is 0 Å². The lowest BCUT2D eigenvalue weighted by atomic mass is 9.85. The lowest BCUT2D eigenvalue weighted by Crippen LogP contribution is -2.34. The molecule has 2 rings (SSSR count). The average molecular weight is 281 g/mol. The molecular weight excluding hydrogens is 254 g/mol. The van der Waals surface area contributed by atoms with Gasteiger partial charge in [-0.05, 0) is 64.6 Å². The molecule has 0 bridgehead atoms. The quantitative estimate of drug-likeness (QED) is 0.841. The molecule has 2 heterocycles. The van der Waals surface area contributed by atoms with Crippen molar-refractivity contribution in [1.82, 2.24) is 15.6 Å². The third-order valence-electron chi connectivity index (χ3n) is 4.20. The number of nitrogens with zero attached hydrogens (tertiary/aromatic N) is 1. The van der Waals surface area contributed by atoms with Gasteiger partial charge >= 0.3 is 0 Å². The van der Waals surface area contributed by atoms with Crippen LogP contribution in [0.15, 0.2) is 5.38 Å². The Morgan fingerprint density at radius 2 is 2.37 bits per heavy atom. The zero-order valence-electron chi connectivity index (χ0n) is 12.4. The zero-order chi connectivity index (χ0) is 13.7. The molecule has 3 unspecified atom stereocenters. The van der Waals surface area contributed by atoms with Gasteiger partial charge in [-0.15, -0.1) is 11.3 Å². The van der Waals surface area contributed by atoms with Crippen LogP contribution in [0, 0.1) is 18.8 Å². The summed E-state index contributed by atoms with van der Waals surface area (Å²) < 4.78 is 0. The first-order valence-electron chi connectivity index (χ1n) is 7.53. The molecule has 1 aliphatic heterocycles. The summed E-state index contributed by atoms with van der Waals surface area (Å²) in [5.74, 6) is 1.68. The molecule has 0 radical (unpaired) electrons. The molecule has 4 heteroatoms. The van der Waals surface area contributed by atoms with Gasteiger partial charge in [-0.2, -0.15) is 0 Å². The molecule has 1 aliphatic rings. The van der Waals surface area contributed by atoms with E-state index >= 15 is 0 Å². The van der Waals surface area contributed by atoms with E-state index in [2.05, 4.69) is 41.8 Å². The smallest absolute Gasteiger partial charge is 0.110 e. The average Bonchev–Trinajstić information content (AvgIpc) is 2.86. The van der Waals surface area contributed by atoms with Crippen LogP contribution in [-0.2, 0) is 0 Å². The first kappa shape index (κ1) is 14.9. The molecule has 19 heavy (non-hydrogen) atoms. The number of thiazole rings is 1. The molecule has 0 aromatic carbocycles. The first-order valence-corrected chi connectivity index (χ1v) is 8.41. The van der Waals surface area contributed by atoms with Crippen molar-refractivity contribution < 1.29 is 0 Å². The van der Waals surface area contributed by atoms with Crippen LogP contribution in [-0.4, -0.2) is 24.6 Å². The van der Waals surface area contributed by atoms with Crippen LogP contribution in [0.1, 0.15) is 49.9 Å². The Hall–Kier alpha value is -0.450. The van der Waals surface area contributed by atoms with E-state index in [1.54, 1.807) is 11.3 Å². The van der Waals surface area contributed by atoms with E-state index in [4.69, 9.17) is 0 Å². The van der Waals surface area contributed by atoms with Gasteiger partial charge in [0, 0.05) is 11.1 Å². The maximum Gasteiger partial charge on any atom is 0.110 e. The molecule has 1 fully saturated rings. The van der Waals surface area contributed by atoms with Crippen molar-refractivity contribution in [2.75, 3.05) is 19.6 Å². The number of hydrogen-bond donors (Lipinski definition) is 2. The molecule has 0 aliphatic carbocycles. The molecule has 1 aromatic heterocycles. The van der Waals surface area contributed by atoms with Gasteiger partial charge in [0.1, 0.15) is 5.01 Å². The van der Waals surface area contributed by atoms with Gasteiger partial charge in [0.15, 0.2) is 0 Å². The molecule has 0 saturated carbocycles. The highest BCUT2D eigenvalue weighted by atomic mass is 32.1. The Kier molecular flexibility index (Phi) is 5.79. The summed E-state index contributed by atoms with van der Waals surface area (Å²) in [6, 6.07) is 0.385. The summed E-state index contributed by atoms with van der Waals surface area (Å²) in [7, 11) is 0. The summed E-state index contributed by atoms with van der Waals surface area (Å²) >= 11 is 1.76. The molecule has 3 nitrogen and oxygen atoms in total. The monoisotopic (exact) mass is 281 g/mol. The van der Waals surface area contributed by atoms with Gasteiger partial charge < -0.3 is 10.6 Å². The molecule has 2 N–H and O–H groups in total. The fourth-order valence-electron chi connectivity index (χ4n) is 2.79. The van der Waals surface area contributed by atoms with E-state index in [9.17, 15) is 0 Å². The number of rotatable bonds is 6. The summed E-state index contributed by atoms with van der Waals surface area (Å²) in [5, 5.41) is 10.5. The van der Waals surface area contributed by atoms with Gasteiger partial charge in [0.25, 0.3) is 0 Å². The molecular formula is C15H27N3S. The molecule has 108 valence electrons. The lowest BCUT2D eigenvalue weighted by Gasteiger charge is -2.28. The first-order chi connectivity index (χ1) is 9.16. The standard InChI is InChI=1S/C15H27N3S/c1-11(14-5-4-7-16-9-14)6-8-17-13(3)15-18-12(2)10-19-15/h10-11,13-14,16-17H,4-9H2,1-3H3. The molecule has 1 aromatic rings. The van der Waals surface area contributed by atoms with Crippen LogP contribution >= 0.6 is 11.3 Å². The number of hydrogen-bond acceptors (Lipinski definition) is 4. The zero-order valence-corrected chi connectivity index (χ0v) is 13.2. The predicted molar refractivity (Wildman–Crippen MR) is 82.6 cm³/mol. The van der Waals surface area contributed by atoms with Crippen molar-refractivity contribution in [1.29, 1.82) is 0 Å². The number of aryl methyl sites for hydroxylation is 1. The fraction of sp³-hybridized carbons (Fsp3) is 0.800. The summed E-state index contributed by atoms with van der Waals surface area (Å²) in [4.78, 5) is 4.54. The van der Waals surface area contributed by atoms with E-state index < -0.39 is 0 Å². The van der Waals surface area contributed by atoms with Crippen LogP contribution in [0.5, 0.6) is 0 Å². The summed E-state index contributed by atoms with van der Waals surface area (Å²) in [6.07, 6.45) is 4.01. The SMILES string of the molecule is Cc1csc(C(C)NCCC(C)C2CCCNC2)n1. The van der Waals surface area contributed by atoms with Crippen LogP contribution < -0.4 is 10.6 Å². The largest absolute Gasteiger partial charge is 0.316 e. The molecule has 1 saturated heterocycles. The van der Waals surface area contributed by atoms with Crippen LogP contribution in [0.4, 0.5) is 0 Å². The van der Waals surface area contributed by atoms with Gasteiger partial charge in [0.2, 0.25) is 0 Å². The van der Waals surface area contributed by atoms with E-state index in [1.807, 2.05) is 0 Å². The number of aromatic nitrogens is 1. The van der Waals surface area contributed by atoms with Gasteiger partial charge in [0.05, 0.1) is 6.04 Å². The Bertz CT molecular complexity index is 371. The lowest BCUT2D eigenvalue weighted by molar-refractivity contribution is 0.264. The minimum absolute atomic E-state index is 0.385. The third kappa shape index (κ3) is 4.55. The summed E-state index contributed by atoms with van der Waals surface area (Å²) in [6.45, 7) is 10.2. The van der Waals surface area contributed by atoms with Crippen molar-refractivity contribution in [3.05, 3.63) is 16.1 Å². The predicted octanol–water partition coefficient (Wildman–Crippen LogP) is 3.13. The minimum atomic E-state index is 0.385. The highest BCUT2D eigenvalue weighted by Crippen LogP contribution is 2.23. The van der Waals surface area contributed by atoms with Crippen molar-refractivity contribution in [3.8, 4) is 0 Å². The van der Waals surface area contributed by atoms with Crippen molar-refractivity contribution >= 4 is 11.3 Å². The Morgan fingerprint density at radius 3 is 3.00 bits per heavy atom.